The van der Waals surface area contributed by atoms with Crippen molar-refractivity contribution < 1.29 is 84.3 Å². The monoisotopic (exact) mass is 2360 g/mol. The molecule has 0 spiro atoms. The van der Waals surface area contributed by atoms with E-state index in [1.165, 1.54) is 10.8 Å². The maximum Gasteiger partial charge on any atom is 2.00 e. The first-order valence-electron chi connectivity index (χ1n) is 40.7. The fourth-order valence-electron chi connectivity index (χ4n) is 15.1. The number of rotatable bonds is 12. The molecule has 12 heterocycles. The summed E-state index contributed by atoms with van der Waals surface area (Å²) in [6.07, 6.45) is 27.2. The van der Waals surface area contributed by atoms with Crippen molar-refractivity contribution in [2.24, 2.45) is 0 Å². The second-order valence-electron chi connectivity index (χ2n) is 29.1. The zero-order chi connectivity index (χ0) is 83.0. The fourth-order valence-corrected chi connectivity index (χ4v) is 15.1. The summed E-state index contributed by atoms with van der Waals surface area (Å²) in [4.78, 5) is 56.1. The molecule has 0 bridgehead atoms. The van der Waals surface area contributed by atoms with Gasteiger partial charge in [0.15, 0.2) is 0 Å². The molecule has 12 aromatic heterocycles. The Hall–Kier alpha value is -14.2. The van der Waals surface area contributed by atoms with Gasteiger partial charge in [0.1, 0.15) is 0 Å². The smallest absolute Gasteiger partial charge is 0.663 e. The van der Waals surface area contributed by atoms with Crippen LogP contribution in [0.15, 0.2) is 389 Å². The van der Waals surface area contributed by atoms with E-state index < -0.39 is 0 Å². The maximum atomic E-state index is 4.95. The first-order valence-corrected chi connectivity index (χ1v) is 40.7. The molecule has 0 unspecified atom stereocenters. The topological polar surface area (TPSA) is 160 Å². The number of aromatic nitrogens is 12. The van der Waals surface area contributed by atoms with Crippen LogP contribution in [0.3, 0.4) is 0 Å². The normalized spacial score (nSPS) is 12.2. The quantitative estimate of drug-likeness (QED) is 0.107. The third kappa shape index (κ3) is 21.0. The second kappa shape index (κ2) is 42.7. The van der Waals surface area contributed by atoms with Crippen molar-refractivity contribution in [2.75, 3.05) is 0 Å². The molecule has 0 saturated heterocycles. The van der Waals surface area contributed by atoms with Gasteiger partial charge in [0.25, 0.3) is 0 Å². The molecular weight excluding hydrogens is 2290 g/mol. The maximum absolute atomic E-state index is 4.95. The molecule has 0 aliphatic heterocycles. The molecule has 22 rings (SSSR count). The largest absolute Gasteiger partial charge is 2.00 e. The third-order valence-electron chi connectivity index (χ3n) is 20.9. The third-order valence-corrected chi connectivity index (χ3v) is 20.9. The Morgan fingerprint density at radius 3 is 0.953 bits per heavy atom. The SMILES string of the molecule is [Pt+2].[Pt+2].[Pt+2].[Pt+2].[c-]1c(C=c2[n-]c(=Cc3ccccn3)c3ccccc23)cccc1-c1ccccn1.[c-]1c(C=c2[n-]c(=Cc3ccccn3)c3ccccc23)cccc1-c1nccc2ccccc12.[c-]1ccc2ccccc2c1-c1cccc(C=c2[n-]c(=Cc3ccccn3)c3ccccc23)n1.[c-]1ccccc1-c1cccc(C=c2[n-]c(=Cc3ccccn3)c3ccccc23)n1. The number of pyridine rings is 8. The van der Waals surface area contributed by atoms with Crippen LogP contribution in [0.2, 0.25) is 0 Å². The second-order valence-corrected chi connectivity index (χ2v) is 29.1. The predicted octanol–water partition coefficient (Wildman–Crippen LogP) is 17.1. The van der Waals surface area contributed by atoms with Gasteiger partial charge in [0, 0.05) is 48.6 Å². The van der Waals surface area contributed by atoms with Crippen LogP contribution in [0.5, 0.6) is 0 Å². The Labute approximate surface area is 796 Å². The predicted molar refractivity (Wildman–Crippen MR) is 501 cm³/mol. The zero-order valence-electron chi connectivity index (χ0n) is 68.2. The summed E-state index contributed by atoms with van der Waals surface area (Å²) in [6.45, 7) is 0. The van der Waals surface area contributed by atoms with Gasteiger partial charge < -0.3 is 19.9 Å². The summed E-state index contributed by atoms with van der Waals surface area (Å²) in [5, 5.41) is 20.8. The van der Waals surface area contributed by atoms with Crippen LogP contribution >= 0.6 is 0 Å². The van der Waals surface area contributed by atoms with E-state index in [0.717, 1.165) is 187 Å². The van der Waals surface area contributed by atoms with Gasteiger partial charge in [-0.15, -0.1) is 169 Å². The van der Waals surface area contributed by atoms with E-state index in [4.69, 9.17) is 29.9 Å². The molecule has 0 N–H and O–H groups in total. The Bertz CT molecular complexity index is 7650. The molecule has 128 heavy (non-hydrogen) atoms. The van der Waals surface area contributed by atoms with E-state index in [0.29, 0.717) is 0 Å². The van der Waals surface area contributed by atoms with E-state index in [-0.39, 0.29) is 84.3 Å². The summed E-state index contributed by atoms with van der Waals surface area (Å²) in [5.41, 5.74) is 14.8. The van der Waals surface area contributed by atoms with Crippen molar-refractivity contribution in [3.05, 3.63) is 501 Å². The Morgan fingerprint density at radius 1 is 0.203 bits per heavy atom. The fraction of sp³-hybridized carbons (Fsp3) is 0. The molecule has 620 valence electrons. The molecule has 0 fully saturated rings. The van der Waals surface area contributed by atoms with Gasteiger partial charge in [0.2, 0.25) is 0 Å². The Kier molecular flexibility index (Phi) is 29.5. The number of benzene rings is 10. The minimum absolute atomic E-state index is 0. The van der Waals surface area contributed by atoms with Crippen molar-refractivity contribution in [2.45, 2.75) is 0 Å². The average Bonchev–Trinajstić information content (AvgIpc) is 1.57. The van der Waals surface area contributed by atoms with Crippen LogP contribution in [-0.2, 0) is 84.3 Å². The van der Waals surface area contributed by atoms with Crippen molar-refractivity contribution in [3.63, 3.8) is 0 Å². The molecule has 0 saturated carbocycles. The van der Waals surface area contributed by atoms with Gasteiger partial charge >= 0.3 is 84.3 Å². The summed E-state index contributed by atoms with van der Waals surface area (Å²) >= 11 is 0. The van der Waals surface area contributed by atoms with Gasteiger partial charge in [0.05, 0.1) is 34.2 Å². The summed E-state index contributed by atoms with van der Waals surface area (Å²) in [6, 6.07) is 131. The zero-order valence-corrected chi connectivity index (χ0v) is 77.3. The van der Waals surface area contributed by atoms with E-state index in [2.05, 4.69) is 169 Å². The number of nitrogens with zero attached hydrogens (tertiary/aromatic N) is 12. The number of hydrogen-bond acceptors (Lipinski definition) is 8. The average molecular weight is 2370 g/mol. The Balaban J connectivity index is 0.000000130. The molecule has 10 aromatic carbocycles. The minimum Gasteiger partial charge on any atom is -0.663 e. The van der Waals surface area contributed by atoms with E-state index in [9.17, 15) is 0 Å². The summed E-state index contributed by atoms with van der Waals surface area (Å²) in [5.74, 6) is 0. The first-order chi connectivity index (χ1) is 61.4. The molecule has 0 amide bonds. The van der Waals surface area contributed by atoms with E-state index in [1.807, 2.05) is 291 Å². The van der Waals surface area contributed by atoms with E-state index >= 15 is 0 Å². The Morgan fingerprint density at radius 2 is 0.531 bits per heavy atom. The summed E-state index contributed by atoms with van der Waals surface area (Å²) in [7, 11) is 0. The van der Waals surface area contributed by atoms with Crippen LogP contribution in [-0.4, -0.2) is 39.9 Å². The number of hydrogen-bond donors (Lipinski definition) is 0. The van der Waals surface area contributed by atoms with Crippen molar-refractivity contribution in [1.82, 2.24) is 59.8 Å². The van der Waals surface area contributed by atoms with Gasteiger partial charge in [-0.1, -0.05) is 259 Å². The molecular formula is C112H72N12Pt4. The number of fused-ring (bicyclic) bond motifs is 6. The molecule has 12 nitrogen and oxygen atoms in total. The van der Waals surface area contributed by atoms with Gasteiger partial charge in [-0.2, -0.15) is 10.7 Å². The van der Waals surface area contributed by atoms with Crippen LogP contribution < -0.4 is 62.7 Å². The first kappa shape index (κ1) is 88.6. The van der Waals surface area contributed by atoms with Crippen molar-refractivity contribution >= 4 is 113 Å². The molecule has 0 aliphatic rings. The minimum atomic E-state index is 0. The van der Waals surface area contributed by atoms with Crippen LogP contribution in [0.1, 0.15) is 45.3 Å². The van der Waals surface area contributed by atoms with Gasteiger partial charge in [-0.05, 0) is 138 Å². The molecule has 0 radical (unpaired) electrons. The van der Waals surface area contributed by atoms with Crippen LogP contribution in [0.4, 0.5) is 0 Å². The van der Waals surface area contributed by atoms with E-state index in [1.54, 1.807) is 31.0 Å². The molecule has 0 aliphatic carbocycles. The standard InChI is InChI=1S/2C30H19N3.2C26H17N3.4Pt/c1-2-13-24-21(9-1)10-7-16-25(24)28-17-8-12-23(32-28)20-30-27-15-4-3-14-26(27)29(33-30)19-22-11-5-6-18-31-22;1-2-12-25-22(9-1)15-17-32-30(25)23-10-7-8-21(18-23)19-28-26-13-3-4-14-27(26)29(33-28)20-24-11-5-6-16-31-24;1-2-12-23-22(11-1)25(29-26(23)18-21-10-3-5-14-27-21)17-19-8-7-9-20(16-19)24-13-4-6-15-28-24;1-2-9-19(10-3-1)24-15-8-12-21(28-24)18-26-23-14-5-4-13-22(23)25(29-26)17-20-11-6-7-16-27-20;;;;/h1-15,17-20H;1-17,19-20H;1-15,17-18H;1-9,11-18H;;;;/q4*-2;4*+2. The van der Waals surface area contributed by atoms with Crippen molar-refractivity contribution in [1.29, 1.82) is 0 Å². The molecule has 0 atom stereocenters. The van der Waals surface area contributed by atoms with Crippen LogP contribution in [0, 0.1) is 24.3 Å². The van der Waals surface area contributed by atoms with Gasteiger partial charge in [-0.25, -0.2) is 0 Å². The molecule has 16 heteroatoms. The molecule has 22 aromatic rings. The summed E-state index contributed by atoms with van der Waals surface area (Å²) < 4.78 is 0. The van der Waals surface area contributed by atoms with Gasteiger partial charge in [-0.3, -0.25) is 39.9 Å². The van der Waals surface area contributed by atoms with Crippen LogP contribution in [0.25, 0.3) is 158 Å². The van der Waals surface area contributed by atoms with Crippen molar-refractivity contribution in [3.8, 4) is 45.0 Å².